The molecule has 0 saturated carbocycles. The van der Waals surface area contributed by atoms with E-state index in [1.54, 1.807) is 13.0 Å². The lowest BCUT2D eigenvalue weighted by Gasteiger charge is -2.33. The zero-order valence-electron chi connectivity index (χ0n) is 15.9. The molecule has 4 rings (SSSR count). The monoisotopic (exact) mass is 417 g/mol. The zero-order valence-corrected chi connectivity index (χ0v) is 15.9. The molecule has 0 aliphatic carbocycles. The molecule has 30 heavy (non-hydrogen) atoms. The van der Waals surface area contributed by atoms with Crippen molar-refractivity contribution in [1.82, 2.24) is 20.5 Å². The number of aromatic hydroxyl groups is 1. The highest BCUT2D eigenvalue weighted by molar-refractivity contribution is 6.01. The van der Waals surface area contributed by atoms with E-state index in [-0.39, 0.29) is 17.2 Å². The molecule has 1 atom stereocenters. The number of phenolic OH excluding ortho intramolecular Hbond substituents is 1. The first-order valence-electron chi connectivity index (χ1n) is 9.26. The second kappa shape index (κ2) is 7.12. The molecular weight excluding hydrogens is 399 g/mol. The van der Waals surface area contributed by atoms with E-state index in [0.29, 0.717) is 35.6 Å². The van der Waals surface area contributed by atoms with E-state index >= 15 is 0 Å². The van der Waals surface area contributed by atoms with Crippen molar-refractivity contribution in [2.45, 2.75) is 31.5 Å². The fourth-order valence-electron chi connectivity index (χ4n) is 3.53. The number of hydrogen-bond donors (Lipinski definition) is 3. The molecule has 0 spiro atoms. The van der Waals surface area contributed by atoms with Gasteiger partial charge in [0, 0.05) is 35.3 Å². The summed E-state index contributed by atoms with van der Waals surface area (Å²) in [5.74, 6) is -0.388. The predicted octanol–water partition coefficient (Wildman–Crippen LogP) is 3.50. The first kappa shape index (κ1) is 19.9. The average molecular weight is 417 g/mol. The van der Waals surface area contributed by atoms with Crippen molar-refractivity contribution in [2.24, 2.45) is 0 Å². The van der Waals surface area contributed by atoms with Gasteiger partial charge in [-0.05, 0) is 44.0 Å². The number of nitrogens with zero attached hydrogens (tertiary/aromatic N) is 3. The maximum Gasteiger partial charge on any atom is 0.416 e. The van der Waals surface area contributed by atoms with Gasteiger partial charge in [0.2, 0.25) is 5.91 Å². The van der Waals surface area contributed by atoms with Crippen molar-refractivity contribution in [2.75, 3.05) is 11.9 Å². The molecule has 1 amide bonds. The van der Waals surface area contributed by atoms with Crippen LogP contribution in [0.1, 0.15) is 25.3 Å². The summed E-state index contributed by atoms with van der Waals surface area (Å²) < 4.78 is 38.7. The van der Waals surface area contributed by atoms with Gasteiger partial charge < -0.3 is 15.7 Å². The molecule has 1 saturated heterocycles. The van der Waals surface area contributed by atoms with E-state index < -0.39 is 23.0 Å². The van der Waals surface area contributed by atoms with Crippen molar-refractivity contribution >= 4 is 22.5 Å². The standard InChI is InChI=1S/C20H18F3N5O2/c1-19(6-2-7-25-18(19)30)26-17-14-10-24-8-5-12(14)16(27-28-17)13-4-3-11(9-15(13)29)20(21,22)23/h3-5,8-10,29H,2,6-7H2,1H3,(H,25,30)(H,26,28)/t19-/m0/s1. The van der Waals surface area contributed by atoms with Crippen LogP contribution in [-0.4, -0.2) is 38.3 Å². The number of halogens is 3. The van der Waals surface area contributed by atoms with Crippen molar-refractivity contribution in [3.05, 3.63) is 42.2 Å². The molecule has 3 aromatic rings. The van der Waals surface area contributed by atoms with Gasteiger partial charge in [-0.25, -0.2) is 0 Å². The Kier molecular flexibility index (Phi) is 4.71. The second-order valence-corrected chi connectivity index (χ2v) is 7.36. The number of carbonyl (C=O) groups excluding carboxylic acids is 1. The molecule has 3 heterocycles. The van der Waals surface area contributed by atoms with Crippen LogP contribution in [-0.2, 0) is 11.0 Å². The van der Waals surface area contributed by atoms with Gasteiger partial charge in [0.25, 0.3) is 0 Å². The summed E-state index contributed by atoms with van der Waals surface area (Å²) in [6.07, 6.45) is -0.133. The molecule has 1 aromatic carbocycles. The number of pyridine rings is 1. The highest BCUT2D eigenvalue weighted by Crippen LogP contribution is 2.39. The van der Waals surface area contributed by atoms with Crippen molar-refractivity contribution in [1.29, 1.82) is 0 Å². The maximum atomic E-state index is 12.9. The summed E-state index contributed by atoms with van der Waals surface area (Å²) in [7, 11) is 0. The summed E-state index contributed by atoms with van der Waals surface area (Å²) >= 11 is 0. The minimum Gasteiger partial charge on any atom is -0.507 e. The van der Waals surface area contributed by atoms with Crippen LogP contribution < -0.4 is 10.6 Å². The lowest BCUT2D eigenvalue weighted by Crippen LogP contribution is -2.54. The molecule has 156 valence electrons. The van der Waals surface area contributed by atoms with Crippen LogP contribution in [0.2, 0.25) is 0 Å². The van der Waals surface area contributed by atoms with E-state index in [2.05, 4.69) is 25.8 Å². The van der Waals surface area contributed by atoms with Crippen LogP contribution in [0.3, 0.4) is 0 Å². The second-order valence-electron chi connectivity index (χ2n) is 7.36. The van der Waals surface area contributed by atoms with E-state index in [1.807, 2.05) is 0 Å². The number of benzene rings is 1. The van der Waals surface area contributed by atoms with Crippen molar-refractivity contribution in [3.63, 3.8) is 0 Å². The third-order valence-electron chi connectivity index (χ3n) is 5.20. The molecular formula is C20H18F3N5O2. The minimum absolute atomic E-state index is 0.111. The fourth-order valence-corrected chi connectivity index (χ4v) is 3.53. The van der Waals surface area contributed by atoms with E-state index in [0.717, 1.165) is 18.6 Å². The van der Waals surface area contributed by atoms with E-state index in [1.165, 1.54) is 12.4 Å². The number of aromatic nitrogens is 3. The summed E-state index contributed by atoms with van der Waals surface area (Å²) in [4.78, 5) is 16.4. The molecule has 10 heteroatoms. The van der Waals surface area contributed by atoms with E-state index in [4.69, 9.17) is 0 Å². The Morgan fingerprint density at radius 1 is 1.20 bits per heavy atom. The molecule has 7 nitrogen and oxygen atoms in total. The van der Waals surface area contributed by atoms with Crippen LogP contribution in [0.5, 0.6) is 5.75 Å². The average Bonchev–Trinajstić information content (AvgIpc) is 2.70. The van der Waals surface area contributed by atoms with Crippen LogP contribution in [0.15, 0.2) is 36.7 Å². The normalized spacial score (nSPS) is 19.5. The fraction of sp³-hybridized carbons (Fsp3) is 0.300. The van der Waals surface area contributed by atoms with Gasteiger partial charge in [-0.3, -0.25) is 9.78 Å². The predicted molar refractivity (Wildman–Crippen MR) is 104 cm³/mol. The van der Waals surface area contributed by atoms with Gasteiger partial charge in [0.05, 0.1) is 5.56 Å². The van der Waals surface area contributed by atoms with E-state index in [9.17, 15) is 23.1 Å². The highest BCUT2D eigenvalue weighted by atomic mass is 19.4. The first-order chi connectivity index (χ1) is 14.2. The van der Waals surface area contributed by atoms with Gasteiger partial charge >= 0.3 is 6.18 Å². The Morgan fingerprint density at radius 3 is 2.70 bits per heavy atom. The molecule has 2 aromatic heterocycles. The third-order valence-corrected chi connectivity index (χ3v) is 5.20. The van der Waals surface area contributed by atoms with Crippen LogP contribution >= 0.6 is 0 Å². The Morgan fingerprint density at radius 2 is 2.00 bits per heavy atom. The van der Waals surface area contributed by atoms with Crippen molar-refractivity contribution < 1.29 is 23.1 Å². The quantitative estimate of drug-likeness (QED) is 0.603. The number of carbonyl (C=O) groups is 1. The lowest BCUT2D eigenvalue weighted by atomic mass is 9.91. The van der Waals surface area contributed by atoms with Crippen LogP contribution in [0.25, 0.3) is 22.0 Å². The van der Waals surface area contributed by atoms with Crippen molar-refractivity contribution in [3.8, 4) is 17.0 Å². The number of phenols is 1. The highest BCUT2D eigenvalue weighted by Gasteiger charge is 2.36. The Hall–Kier alpha value is -3.43. The number of nitrogens with one attached hydrogen (secondary N) is 2. The number of rotatable bonds is 3. The number of hydrogen-bond acceptors (Lipinski definition) is 6. The van der Waals surface area contributed by atoms with Gasteiger partial charge in [-0.1, -0.05) is 0 Å². The number of amides is 1. The SMILES string of the molecule is C[C@]1(Nc2nnc(-c3ccc(C(F)(F)F)cc3O)c3ccncc23)CCCNC1=O. The smallest absolute Gasteiger partial charge is 0.416 e. The third kappa shape index (κ3) is 3.49. The number of alkyl halides is 3. The summed E-state index contributed by atoms with van der Waals surface area (Å²) in [5.41, 5.74) is -1.52. The topological polar surface area (TPSA) is 100 Å². The van der Waals surface area contributed by atoms with Crippen LogP contribution in [0.4, 0.5) is 19.0 Å². The number of piperidine rings is 1. The molecule has 1 fully saturated rings. The minimum atomic E-state index is -4.57. The Bertz CT molecular complexity index is 1140. The summed E-state index contributed by atoms with van der Waals surface area (Å²) in [6.45, 7) is 2.37. The first-order valence-corrected chi connectivity index (χ1v) is 9.26. The Balaban J connectivity index is 1.79. The molecule has 0 bridgehead atoms. The van der Waals surface area contributed by atoms with Gasteiger partial charge in [0.1, 0.15) is 17.0 Å². The van der Waals surface area contributed by atoms with Crippen LogP contribution in [0, 0.1) is 0 Å². The number of fused-ring (bicyclic) bond motifs is 1. The summed E-state index contributed by atoms with van der Waals surface area (Å²) in [5, 5.41) is 25.5. The maximum absolute atomic E-state index is 12.9. The van der Waals surface area contributed by atoms with Gasteiger partial charge in [-0.15, -0.1) is 10.2 Å². The van der Waals surface area contributed by atoms with Gasteiger partial charge in [0.15, 0.2) is 5.82 Å². The van der Waals surface area contributed by atoms with Gasteiger partial charge in [-0.2, -0.15) is 13.2 Å². The molecule has 1 aliphatic rings. The lowest BCUT2D eigenvalue weighted by molar-refractivity contribution is -0.137. The molecule has 0 unspecified atom stereocenters. The Labute approximate surface area is 169 Å². The number of anilines is 1. The molecule has 1 aliphatic heterocycles. The molecule has 3 N–H and O–H groups in total. The largest absolute Gasteiger partial charge is 0.507 e. The molecule has 0 radical (unpaired) electrons. The summed E-state index contributed by atoms with van der Waals surface area (Å²) in [6, 6.07) is 4.32. The zero-order chi connectivity index (χ0) is 21.5.